The molecule has 1 fully saturated rings. The van der Waals surface area contributed by atoms with Crippen LogP contribution in [0.5, 0.6) is 0 Å². The second-order valence-corrected chi connectivity index (χ2v) is 7.50. The summed E-state index contributed by atoms with van der Waals surface area (Å²) < 4.78 is 0. The highest BCUT2D eigenvalue weighted by molar-refractivity contribution is 5.93. The molecule has 0 saturated carbocycles. The molecule has 1 aliphatic rings. The average molecular weight is 398 g/mol. The smallest absolute Gasteiger partial charge is 0.231 e. The van der Waals surface area contributed by atoms with Crippen molar-refractivity contribution in [3.8, 4) is 11.3 Å². The van der Waals surface area contributed by atoms with Crippen LogP contribution in [0.2, 0.25) is 0 Å². The molecule has 2 N–H and O–H groups in total. The van der Waals surface area contributed by atoms with Crippen LogP contribution in [0.4, 0.5) is 11.8 Å². The molecule has 1 aliphatic heterocycles. The summed E-state index contributed by atoms with van der Waals surface area (Å²) in [5, 5.41) is 2.95. The fourth-order valence-corrected chi connectivity index (χ4v) is 3.92. The number of piperidine rings is 1. The van der Waals surface area contributed by atoms with E-state index in [-0.39, 0.29) is 11.8 Å². The highest BCUT2D eigenvalue weighted by Crippen LogP contribution is 2.25. The minimum Gasteiger partial charge on any atom is -0.356 e. The third kappa shape index (κ3) is 3.74. The summed E-state index contributed by atoms with van der Waals surface area (Å²) in [6.07, 6.45) is 3.37. The number of rotatable bonds is 4. The second-order valence-electron chi connectivity index (χ2n) is 7.50. The number of carbonyl (C=O) groups excluding carboxylic acids is 1. The Kier molecular flexibility index (Phi) is 4.85. The van der Waals surface area contributed by atoms with Crippen molar-refractivity contribution in [3.05, 3.63) is 67.0 Å². The molecule has 4 aromatic rings. The first-order valence-corrected chi connectivity index (χ1v) is 10.1. The first-order chi connectivity index (χ1) is 14.8. The van der Waals surface area contributed by atoms with Gasteiger partial charge in [-0.15, -0.1) is 0 Å². The molecular formula is C23H22N6O. The third-order valence-corrected chi connectivity index (χ3v) is 5.47. The molecule has 7 heteroatoms. The monoisotopic (exact) mass is 398 g/mol. The van der Waals surface area contributed by atoms with E-state index in [0.717, 1.165) is 47.5 Å². The Morgan fingerprint density at radius 3 is 2.77 bits per heavy atom. The predicted octanol–water partition coefficient (Wildman–Crippen LogP) is 3.88. The van der Waals surface area contributed by atoms with E-state index in [1.165, 1.54) is 0 Å². The second kappa shape index (κ2) is 7.94. The summed E-state index contributed by atoms with van der Waals surface area (Å²) >= 11 is 0. The number of aromatic amines is 1. The van der Waals surface area contributed by atoms with Gasteiger partial charge in [-0.1, -0.05) is 42.5 Å². The summed E-state index contributed by atoms with van der Waals surface area (Å²) in [7, 11) is 0. The van der Waals surface area contributed by atoms with Crippen molar-refractivity contribution in [1.29, 1.82) is 0 Å². The topological polar surface area (TPSA) is 86.8 Å². The molecule has 30 heavy (non-hydrogen) atoms. The van der Waals surface area contributed by atoms with Crippen LogP contribution in [-0.2, 0) is 4.79 Å². The molecule has 5 rings (SSSR count). The van der Waals surface area contributed by atoms with Crippen LogP contribution in [0.1, 0.15) is 12.8 Å². The first-order valence-electron chi connectivity index (χ1n) is 10.1. The molecule has 0 spiro atoms. The molecule has 150 valence electrons. The Balaban J connectivity index is 1.30. The van der Waals surface area contributed by atoms with Gasteiger partial charge < -0.3 is 9.88 Å². The number of hydrogen-bond donors (Lipinski definition) is 2. The maximum atomic E-state index is 12.9. The Labute approximate surface area is 174 Å². The van der Waals surface area contributed by atoms with Crippen LogP contribution in [0.25, 0.3) is 22.3 Å². The number of para-hydroxylation sites is 2. The minimum atomic E-state index is -0.123. The lowest BCUT2D eigenvalue weighted by molar-refractivity contribution is -0.120. The zero-order chi connectivity index (χ0) is 20.3. The molecule has 0 bridgehead atoms. The van der Waals surface area contributed by atoms with Crippen LogP contribution in [0.15, 0.2) is 67.0 Å². The van der Waals surface area contributed by atoms with E-state index in [1.807, 2.05) is 60.7 Å². The van der Waals surface area contributed by atoms with Gasteiger partial charge in [0.05, 0.1) is 22.6 Å². The van der Waals surface area contributed by atoms with E-state index in [4.69, 9.17) is 0 Å². The molecule has 7 nitrogen and oxygen atoms in total. The van der Waals surface area contributed by atoms with Gasteiger partial charge >= 0.3 is 0 Å². The highest BCUT2D eigenvalue weighted by Gasteiger charge is 2.27. The van der Waals surface area contributed by atoms with Crippen LogP contribution in [0, 0.1) is 5.92 Å². The number of hydrogen-bond acceptors (Lipinski definition) is 5. The van der Waals surface area contributed by atoms with Gasteiger partial charge in [0.15, 0.2) is 0 Å². The highest BCUT2D eigenvalue weighted by atomic mass is 16.2. The normalized spacial score (nSPS) is 16.5. The lowest BCUT2D eigenvalue weighted by Crippen LogP contribution is -2.41. The van der Waals surface area contributed by atoms with Crippen molar-refractivity contribution in [2.75, 3.05) is 23.3 Å². The maximum Gasteiger partial charge on any atom is 0.231 e. The lowest BCUT2D eigenvalue weighted by Gasteiger charge is -2.32. The SMILES string of the molecule is O=C(Nc1nc2ccccc2[nH]1)C1CCCN(c2cc(-c3ccccc3)ncn2)C1. The van der Waals surface area contributed by atoms with Crippen LogP contribution < -0.4 is 10.2 Å². The molecule has 2 aromatic carbocycles. The van der Waals surface area contributed by atoms with Gasteiger partial charge in [-0.25, -0.2) is 15.0 Å². The first kappa shape index (κ1) is 18.3. The zero-order valence-corrected chi connectivity index (χ0v) is 16.5. The number of amides is 1. The number of anilines is 2. The summed E-state index contributed by atoms with van der Waals surface area (Å²) in [6, 6.07) is 19.8. The van der Waals surface area contributed by atoms with Gasteiger partial charge in [0.25, 0.3) is 0 Å². The largest absolute Gasteiger partial charge is 0.356 e. The predicted molar refractivity (Wildman–Crippen MR) is 117 cm³/mol. The standard InChI is InChI=1S/C23H22N6O/c30-22(28-23-26-18-10-4-5-11-19(18)27-23)17-9-6-12-29(14-17)21-13-20(24-15-25-21)16-7-2-1-3-8-16/h1-5,7-8,10-11,13,15,17H,6,9,12,14H2,(H2,26,27,28,30). The van der Waals surface area contributed by atoms with Gasteiger partial charge in [0.2, 0.25) is 11.9 Å². The van der Waals surface area contributed by atoms with Gasteiger partial charge in [-0.05, 0) is 25.0 Å². The molecular weight excluding hydrogens is 376 g/mol. The summed E-state index contributed by atoms with van der Waals surface area (Å²) in [5.41, 5.74) is 3.69. The van der Waals surface area contributed by atoms with Crippen LogP contribution in [-0.4, -0.2) is 38.9 Å². The molecule has 1 amide bonds. The molecule has 1 saturated heterocycles. The van der Waals surface area contributed by atoms with Crippen molar-refractivity contribution >= 4 is 28.7 Å². The number of carbonyl (C=O) groups is 1. The maximum absolute atomic E-state index is 12.9. The third-order valence-electron chi connectivity index (χ3n) is 5.47. The zero-order valence-electron chi connectivity index (χ0n) is 16.5. The fourth-order valence-electron chi connectivity index (χ4n) is 3.92. The van der Waals surface area contributed by atoms with E-state index in [2.05, 4.69) is 30.2 Å². The van der Waals surface area contributed by atoms with E-state index < -0.39 is 0 Å². The molecule has 3 heterocycles. The molecule has 0 aliphatic carbocycles. The van der Waals surface area contributed by atoms with Gasteiger partial charge in [-0.2, -0.15) is 0 Å². The average Bonchev–Trinajstić information content (AvgIpc) is 3.22. The van der Waals surface area contributed by atoms with Crippen molar-refractivity contribution in [1.82, 2.24) is 19.9 Å². The Bertz CT molecular complexity index is 1140. The van der Waals surface area contributed by atoms with Gasteiger partial charge in [0.1, 0.15) is 12.1 Å². The lowest BCUT2D eigenvalue weighted by atomic mass is 9.97. The Hall–Kier alpha value is -3.74. The van der Waals surface area contributed by atoms with Crippen LogP contribution >= 0.6 is 0 Å². The minimum absolute atomic E-state index is 0.0175. The van der Waals surface area contributed by atoms with Crippen molar-refractivity contribution < 1.29 is 4.79 Å². The molecule has 2 aromatic heterocycles. The summed E-state index contributed by atoms with van der Waals surface area (Å²) in [4.78, 5) is 31.5. The van der Waals surface area contributed by atoms with E-state index >= 15 is 0 Å². The number of nitrogens with one attached hydrogen (secondary N) is 2. The Morgan fingerprint density at radius 2 is 1.90 bits per heavy atom. The van der Waals surface area contributed by atoms with Gasteiger partial charge in [0, 0.05) is 24.7 Å². The summed E-state index contributed by atoms with van der Waals surface area (Å²) in [6.45, 7) is 1.50. The fraction of sp³-hybridized carbons (Fsp3) is 0.217. The Morgan fingerprint density at radius 1 is 1.07 bits per heavy atom. The van der Waals surface area contributed by atoms with Crippen molar-refractivity contribution in [3.63, 3.8) is 0 Å². The van der Waals surface area contributed by atoms with Crippen molar-refractivity contribution in [2.45, 2.75) is 12.8 Å². The quantitative estimate of drug-likeness (QED) is 0.545. The number of fused-ring (bicyclic) bond motifs is 1. The summed E-state index contributed by atoms with van der Waals surface area (Å²) in [5.74, 6) is 1.20. The van der Waals surface area contributed by atoms with E-state index in [1.54, 1.807) is 6.33 Å². The number of H-pyrrole nitrogens is 1. The van der Waals surface area contributed by atoms with Crippen LogP contribution in [0.3, 0.4) is 0 Å². The molecule has 1 atom stereocenters. The van der Waals surface area contributed by atoms with Gasteiger partial charge in [-0.3, -0.25) is 10.1 Å². The van der Waals surface area contributed by atoms with Crippen molar-refractivity contribution in [2.24, 2.45) is 5.92 Å². The molecule has 1 unspecified atom stereocenters. The molecule has 0 radical (unpaired) electrons. The van der Waals surface area contributed by atoms with E-state index in [9.17, 15) is 4.79 Å². The number of benzene rings is 2. The number of imidazole rings is 1. The number of nitrogens with zero attached hydrogens (tertiary/aromatic N) is 4. The van der Waals surface area contributed by atoms with E-state index in [0.29, 0.717) is 12.5 Å². The number of aromatic nitrogens is 4.